The van der Waals surface area contributed by atoms with E-state index in [0.29, 0.717) is 26.9 Å². The van der Waals surface area contributed by atoms with E-state index in [0.717, 1.165) is 0 Å². The molecule has 1 aromatic heterocycles. The Bertz CT molecular complexity index is 788. The lowest BCUT2D eigenvalue weighted by atomic mass is 10.1. The molecule has 2 aromatic rings. The minimum absolute atomic E-state index is 0.256. The summed E-state index contributed by atoms with van der Waals surface area (Å²) in [7, 11) is 0. The zero-order chi connectivity index (χ0) is 18.2. The van der Waals surface area contributed by atoms with Gasteiger partial charge in [0.2, 0.25) is 5.88 Å². The van der Waals surface area contributed by atoms with Crippen LogP contribution in [0.15, 0.2) is 18.2 Å². The molecule has 0 fully saturated rings. The van der Waals surface area contributed by atoms with Crippen LogP contribution in [0.3, 0.4) is 0 Å². The summed E-state index contributed by atoms with van der Waals surface area (Å²) in [6.45, 7) is 4.83. The first-order valence-corrected chi connectivity index (χ1v) is 7.57. The molecule has 0 saturated heterocycles. The number of aromatic nitrogens is 2. The first kappa shape index (κ1) is 18.6. The fraction of sp³-hybridized carbons (Fsp3) is 0.333. The lowest BCUT2D eigenvalue weighted by molar-refractivity contribution is -0.190. The summed E-state index contributed by atoms with van der Waals surface area (Å²) in [5.74, 6) is -2.55. The van der Waals surface area contributed by atoms with Crippen molar-refractivity contribution < 1.29 is 22.7 Å². The summed E-state index contributed by atoms with van der Waals surface area (Å²) in [6, 6.07) is 4.29. The Labute approximate surface area is 146 Å². The fourth-order valence-electron chi connectivity index (χ4n) is 2.05. The van der Waals surface area contributed by atoms with E-state index in [2.05, 4.69) is 9.84 Å². The highest BCUT2D eigenvalue weighted by molar-refractivity contribution is 6.42. The minimum Gasteiger partial charge on any atom is -0.401 e. The summed E-state index contributed by atoms with van der Waals surface area (Å²) in [5.41, 5.74) is 1.45. The molecule has 1 heterocycles. The molecular formula is C15H13Cl2F3N2O2. The first-order valence-electron chi connectivity index (χ1n) is 6.82. The predicted octanol–water partition coefficient (Wildman–Crippen LogP) is 4.88. The number of hydrogen-bond donors (Lipinski definition) is 0. The van der Waals surface area contributed by atoms with Crippen molar-refractivity contribution in [3.8, 4) is 5.88 Å². The van der Waals surface area contributed by atoms with E-state index in [1.165, 1.54) is 11.6 Å². The van der Waals surface area contributed by atoms with Gasteiger partial charge in [-0.1, -0.05) is 29.3 Å². The number of rotatable bonds is 3. The highest BCUT2D eigenvalue weighted by Gasteiger charge is 2.42. The van der Waals surface area contributed by atoms with E-state index in [9.17, 15) is 18.0 Å². The molecule has 0 aliphatic rings. The maximum absolute atomic E-state index is 12.5. The van der Waals surface area contributed by atoms with E-state index >= 15 is 0 Å². The van der Waals surface area contributed by atoms with E-state index in [-0.39, 0.29) is 5.88 Å². The number of aryl methyl sites for hydroxylation is 1. The lowest BCUT2D eigenvalue weighted by Gasteiger charge is -2.17. The van der Waals surface area contributed by atoms with Gasteiger partial charge in [0, 0.05) is 5.56 Å². The van der Waals surface area contributed by atoms with Crippen molar-refractivity contribution in [1.29, 1.82) is 0 Å². The zero-order valence-electron chi connectivity index (χ0n) is 12.9. The van der Waals surface area contributed by atoms with Gasteiger partial charge in [-0.25, -0.2) is 9.48 Å². The van der Waals surface area contributed by atoms with Crippen LogP contribution in [0.4, 0.5) is 13.2 Å². The minimum atomic E-state index is -5.09. The molecule has 130 valence electrons. The van der Waals surface area contributed by atoms with Gasteiger partial charge in [-0.15, -0.1) is 0 Å². The standard InChI is InChI=1S/C15H13Cl2F3N2O2/c1-7-8(2)21-22(13(7)24-14(23)15(18,19)20)9(3)10-4-5-11(16)12(17)6-10/h4-6,9H,1-3H3. The van der Waals surface area contributed by atoms with Crippen molar-refractivity contribution in [1.82, 2.24) is 9.78 Å². The number of alkyl halides is 3. The van der Waals surface area contributed by atoms with Crippen molar-refractivity contribution in [2.75, 3.05) is 0 Å². The van der Waals surface area contributed by atoms with Gasteiger partial charge in [-0.2, -0.15) is 18.3 Å². The molecule has 1 aromatic carbocycles. The van der Waals surface area contributed by atoms with E-state index < -0.39 is 18.2 Å². The van der Waals surface area contributed by atoms with E-state index in [1.807, 2.05) is 0 Å². The third-order valence-electron chi connectivity index (χ3n) is 3.54. The Morgan fingerprint density at radius 1 is 1.25 bits per heavy atom. The number of carbonyl (C=O) groups excluding carboxylic acids is 1. The van der Waals surface area contributed by atoms with Gasteiger partial charge < -0.3 is 4.74 Å². The Morgan fingerprint density at radius 3 is 2.42 bits per heavy atom. The maximum Gasteiger partial charge on any atom is 0.491 e. The van der Waals surface area contributed by atoms with Crippen molar-refractivity contribution in [2.45, 2.75) is 33.0 Å². The molecule has 0 amide bonds. The van der Waals surface area contributed by atoms with Crippen molar-refractivity contribution in [3.05, 3.63) is 45.1 Å². The number of carbonyl (C=O) groups is 1. The van der Waals surface area contributed by atoms with Crippen LogP contribution in [0.25, 0.3) is 0 Å². The Morgan fingerprint density at radius 2 is 1.88 bits per heavy atom. The van der Waals surface area contributed by atoms with Crippen LogP contribution in [0.1, 0.15) is 29.8 Å². The molecule has 0 aliphatic carbocycles. The Balaban J connectivity index is 2.44. The van der Waals surface area contributed by atoms with E-state index in [4.69, 9.17) is 23.2 Å². The Kier molecular flexibility index (Phi) is 5.15. The molecule has 0 bridgehead atoms. The summed E-state index contributed by atoms with van der Waals surface area (Å²) < 4.78 is 43.2. The average Bonchev–Trinajstić information content (AvgIpc) is 2.76. The number of hydrogen-bond acceptors (Lipinski definition) is 3. The summed E-state index contributed by atoms with van der Waals surface area (Å²) >= 11 is 11.8. The second kappa shape index (κ2) is 6.64. The summed E-state index contributed by atoms with van der Waals surface area (Å²) in [4.78, 5) is 11.2. The predicted molar refractivity (Wildman–Crippen MR) is 83.7 cm³/mol. The van der Waals surface area contributed by atoms with Crippen molar-refractivity contribution in [3.63, 3.8) is 0 Å². The number of nitrogens with zero attached hydrogens (tertiary/aromatic N) is 2. The van der Waals surface area contributed by atoms with Crippen LogP contribution in [0.2, 0.25) is 10.0 Å². The molecule has 0 spiro atoms. The van der Waals surface area contributed by atoms with Gasteiger partial charge >= 0.3 is 12.1 Å². The molecular weight excluding hydrogens is 368 g/mol. The van der Waals surface area contributed by atoms with Gasteiger partial charge in [-0.3, -0.25) is 0 Å². The number of halogens is 5. The highest BCUT2D eigenvalue weighted by atomic mass is 35.5. The third kappa shape index (κ3) is 3.67. The largest absolute Gasteiger partial charge is 0.491 e. The normalized spacial score (nSPS) is 13.0. The number of esters is 1. The molecule has 0 saturated carbocycles. The van der Waals surface area contributed by atoms with E-state index in [1.54, 1.807) is 32.0 Å². The summed E-state index contributed by atoms with van der Waals surface area (Å²) in [6.07, 6.45) is -5.09. The zero-order valence-corrected chi connectivity index (χ0v) is 14.4. The van der Waals surface area contributed by atoms with Crippen LogP contribution in [-0.2, 0) is 4.79 Å². The van der Waals surface area contributed by atoms with Crippen LogP contribution in [0.5, 0.6) is 5.88 Å². The molecule has 1 atom stereocenters. The van der Waals surface area contributed by atoms with Crippen molar-refractivity contribution in [2.24, 2.45) is 0 Å². The quantitative estimate of drug-likeness (QED) is 0.712. The van der Waals surface area contributed by atoms with Gasteiger partial charge in [0.1, 0.15) is 0 Å². The smallest absolute Gasteiger partial charge is 0.401 e. The second-order valence-corrected chi connectivity index (χ2v) is 6.01. The molecule has 2 rings (SSSR count). The first-order chi connectivity index (χ1) is 11.0. The molecule has 0 N–H and O–H groups in total. The average molecular weight is 381 g/mol. The number of ether oxygens (including phenoxy) is 1. The van der Waals surface area contributed by atoms with Crippen LogP contribution < -0.4 is 4.74 Å². The van der Waals surface area contributed by atoms with Gasteiger partial charge in [0.05, 0.1) is 21.8 Å². The fourth-order valence-corrected chi connectivity index (χ4v) is 2.36. The van der Waals surface area contributed by atoms with Gasteiger partial charge in [0.25, 0.3) is 0 Å². The van der Waals surface area contributed by atoms with Gasteiger partial charge in [0.15, 0.2) is 0 Å². The van der Waals surface area contributed by atoms with Crippen LogP contribution in [-0.4, -0.2) is 21.9 Å². The Hall–Kier alpha value is -1.73. The third-order valence-corrected chi connectivity index (χ3v) is 4.28. The number of benzene rings is 1. The molecule has 1 unspecified atom stereocenters. The lowest BCUT2D eigenvalue weighted by Crippen LogP contribution is -2.29. The topological polar surface area (TPSA) is 44.1 Å². The monoisotopic (exact) mass is 380 g/mol. The maximum atomic E-state index is 12.5. The van der Waals surface area contributed by atoms with Crippen LogP contribution in [0, 0.1) is 13.8 Å². The molecule has 4 nitrogen and oxygen atoms in total. The molecule has 0 aliphatic heterocycles. The molecule has 9 heteroatoms. The van der Waals surface area contributed by atoms with Crippen molar-refractivity contribution >= 4 is 29.2 Å². The second-order valence-electron chi connectivity index (χ2n) is 5.20. The SMILES string of the molecule is Cc1nn(C(C)c2ccc(Cl)c(Cl)c2)c(OC(=O)C(F)(F)F)c1C. The van der Waals surface area contributed by atoms with Crippen LogP contribution >= 0.6 is 23.2 Å². The summed E-state index contributed by atoms with van der Waals surface area (Å²) in [5, 5.41) is 4.82. The molecule has 24 heavy (non-hydrogen) atoms. The molecule has 0 radical (unpaired) electrons. The highest BCUT2D eigenvalue weighted by Crippen LogP contribution is 2.32. The van der Waals surface area contributed by atoms with Gasteiger partial charge in [-0.05, 0) is 38.5 Å².